The van der Waals surface area contributed by atoms with Crippen LogP contribution in [0.5, 0.6) is 5.75 Å². The van der Waals surface area contributed by atoms with Crippen molar-refractivity contribution in [1.29, 1.82) is 0 Å². The van der Waals surface area contributed by atoms with Crippen molar-refractivity contribution >= 4 is 17.4 Å². The fourth-order valence-corrected chi connectivity index (χ4v) is 2.55. The summed E-state index contributed by atoms with van der Waals surface area (Å²) in [5.41, 5.74) is 0.536. The van der Waals surface area contributed by atoms with Gasteiger partial charge in [0.25, 0.3) is 11.8 Å². The highest BCUT2D eigenvalue weighted by Crippen LogP contribution is 2.29. The Kier molecular flexibility index (Phi) is 6.80. The lowest BCUT2D eigenvalue weighted by molar-refractivity contribution is -0.138. The fourth-order valence-electron chi connectivity index (χ4n) is 2.55. The minimum Gasteiger partial charge on any atom is -0.502 e. The molecular formula is C20H27NO5. The predicted molar refractivity (Wildman–Crippen MR) is 98.7 cm³/mol. The Bertz CT molecular complexity index is 676. The van der Waals surface area contributed by atoms with Crippen LogP contribution in [0.2, 0.25) is 0 Å². The number of aliphatic hydroxyl groups excluding tert-OH is 1. The van der Waals surface area contributed by atoms with Gasteiger partial charge in [-0.25, -0.2) is 0 Å². The van der Waals surface area contributed by atoms with Crippen LogP contribution < -0.4 is 4.74 Å². The van der Waals surface area contributed by atoms with Gasteiger partial charge in [-0.1, -0.05) is 26.0 Å². The molecule has 1 aromatic rings. The molecule has 0 saturated heterocycles. The molecule has 0 spiro atoms. The summed E-state index contributed by atoms with van der Waals surface area (Å²) in [5.74, 6) is -0.552. The van der Waals surface area contributed by atoms with Crippen LogP contribution in [0.1, 0.15) is 39.7 Å². The number of hydrogen-bond acceptors (Lipinski definition) is 5. The molecule has 0 saturated carbocycles. The van der Waals surface area contributed by atoms with E-state index in [2.05, 4.69) is 13.8 Å². The highest BCUT2D eigenvalue weighted by atomic mass is 16.5. The van der Waals surface area contributed by atoms with Gasteiger partial charge in [-0.05, 0) is 43.9 Å². The number of nitrogens with zero attached hydrogens (tertiary/aromatic N) is 1. The van der Waals surface area contributed by atoms with E-state index in [9.17, 15) is 14.7 Å². The minimum atomic E-state index is -0.658. The van der Waals surface area contributed by atoms with E-state index in [0.717, 1.165) is 4.90 Å². The molecule has 6 heteroatoms. The number of carbonyl (C=O) groups excluding carboxylic acids is 2. The van der Waals surface area contributed by atoms with Gasteiger partial charge in [-0.15, -0.1) is 0 Å². The van der Waals surface area contributed by atoms with E-state index in [4.69, 9.17) is 9.47 Å². The van der Waals surface area contributed by atoms with Gasteiger partial charge in [0.05, 0.1) is 18.3 Å². The predicted octanol–water partition coefficient (Wildman–Crippen LogP) is 3.17. The van der Waals surface area contributed by atoms with Crippen molar-refractivity contribution in [2.45, 2.75) is 40.2 Å². The summed E-state index contributed by atoms with van der Waals surface area (Å²) >= 11 is 0. The minimum absolute atomic E-state index is 0.0372. The van der Waals surface area contributed by atoms with Crippen LogP contribution in [-0.4, -0.2) is 47.7 Å². The lowest BCUT2D eigenvalue weighted by Crippen LogP contribution is -2.33. The molecule has 2 rings (SSSR count). The Hall–Kier alpha value is -2.34. The van der Waals surface area contributed by atoms with Crippen LogP contribution in [-0.2, 0) is 14.3 Å². The summed E-state index contributed by atoms with van der Waals surface area (Å²) < 4.78 is 11.0. The van der Waals surface area contributed by atoms with E-state index in [1.807, 2.05) is 13.8 Å². The molecule has 0 bridgehead atoms. The molecule has 1 aliphatic rings. The first-order chi connectivity index (χ1) is 12.3. The number of imide groups is 1. The first kappa shape index (κ1) is 20.0. The van der Waals surface area contributed by atoms with Crippen LogP contribution in [0.4, 0.5) is 0 Å². The van der Waals surface area contributed by atoms with E-state index >= 15 is 0 Å². The third-order valence-electron chi connectivity index (χ3n) is 3.85. The Morgan fingerprint density at radius 1 is 1.04 bits per heavy atom. The molecule has 1 aromatic carbocycles. The maximum absolute atomic E-state index is 12.6. The van der Waals surface area contributed by atoms with Crippen molar-refractivity contribution in [2.75, 3.05) is 19.8 Å². The van der Waals surface area contributed by atoms with Crippen molar-refractivity contribution in [2.24, 2.45) is 5.92 Å². The lowest BCUT2D eigenvalue weighted by atomic mass is 10.1. The zero-order valence-electron chi connectivity index (χ0n) is 15.8. The second-order valence-electron chi connectivity index (χ2n) is 6.99. The van der Waals surface area contributed by atoms with E-state index in [-0.39, 0.29) is 18.2 Å². The van der Waals surface area contributed by atoms with E-state index < -0.39 is 17.6 Å². The standard InChI is InChI=1S/C20H27NO5/c1-13(2)12-26-16-8-6-15(7-9-16)17-18(22)20(24)21(19(17)23)10-5-11-25-14(3)4/h6-9,13-14,22H,5,10-12H2,1-4H3. The second-order valence-corrected chi connectivity index (χ2v) is 6.99. The average Bonchev–Trinajstić information content (AvgIpc) is 2.80. The molecule has 0 atom stereocenters. The van der Waals surface area contributed by atoms with Crippen LogP contribution in [0.3, 0.4) is 0 Å². The zero-order chi connectivity index (χ0) is 19.3. The molecule has 6 nitrogen and oxygen atoms in total. The second kappa shape index (κ2) is 8.85. The first-order valence-electron chi connectivity index (χ1n) is 8.95. The molecule has 142 valence electrons. The summed E-state index contributed by atoms with van der Waals surface area (Å²) in [7, 11) is 0. The summed E-state index contributed by atoms with van der Waals surface area (Å²) in [6.07, 6.45) is 0.622. The topological polar surface area (TPSA) is 76.1 Å². The van der Waals surface area contributed by atoms with Gasteiger partial charge >= 0.3 is 0 Å². The van der Waals surface area contributed by atoms with Crippen LogP contribution >= 0.6 is 0 Å². The molecule has 0 fully saturated rings. The lowest BCUT2D eigenvalue weighted by Gasteiger charge is -2.15. The quantitative estimate of drug-likeness (QED) is 0.540. The van der Waals surface area contributed by atoms with E-state index in [0.29, 0.717) is 36.9 Å². The number of aliphatic hydroxyl groups is 1. The van der Waals surface area contributed by atoms with Crippen molar-refractivity contribution in [3.63, 3.8) is 0 Å². The van der Waals surface area contributed by atoms with Crippen molar-refractivity contribution < 1.29 is 24.2 Å². The molecular weight excluding hydrogens is 334 g/mol. The Morgan fingerprint density at radius 2 is 1.69 bits per heavy atom. The number of rotatable bonds is 9. The fraction of sp³-hybridized carbons (Fsp3) is 0.500. The van der Waals surface area contributed by atoms with Crippen molar-refractivity contribution in [3.05, 3.63) is 35.6 Å². The highest BCUT2D eigenvalue weighted by Gasteiger charge is 2.38. The number of amides is 2. The number of benzene rings is 1. The maximum atomic E-state index is 12.6. The van der Waals surface area contributed by atoms with Gasteiger partial charge in [0.15, 0.2) is 5.76 Å². The zero-order valence-corrected chi connectivity index (χ0v) is 15.8. The maximum Gasteiger partial charge on any atom is 0.296 e. The summed E-state index contributed by atoms with van der Waals surface area (Å²) in [6.45, 7) is 9.22. The number of hydrogen-bond donors (Lipinski definition) is 1. The van der Waals surface area contributed by atoms with Crippen LogP contribution in [0, 0.1) is 5.92 Å². The SMILES string of the molecule is CC(C)COc1ccc(C2=C(O)C(=O)N(CCCOC(C)C)C2=O)cc1. The normalized spacial score (nSPS) is 14.9. The molecule has 26 heavy (non-hydrogen) atoms. The molecule has 0 radical (unpaired) electrons. The molecule has 0 aromatic heterocycles. The summed E-state index contributed by atoms with van der Waals surface area (Å²) in [4.78, 5) is 25.8. The van der Waals surface area contributed by atoms with Crippen molar-refractivity contribution in [1.82, 2.24) is 4.90 Å². The summed E-state index contributed by atoms with van der Waals surface area (Å²) in [5, 5.41) is 10.1. The van der Waals surface area contributed by atoms with Gasteiger partial charge in [0, 0.05) is 13.2 Å². The van der Waals surface area contributed by atoms with Gasteiger partial charge < -0.3 is 14.6 Å². The largest absolute Gasteiger partial charge is 0.502 e. The van der Waals surface area contributed by atoms with Gasteiger partial charge in [0.2, 0.25) is 0 Å². The highest BCUT2D eigenvalue weighted by molar-refractivity contribution is 6.34. The third-order valence-corrected chi connectivity index (χ3v) is 3.85. The number of carbonyl (C=O) groups is 2. The van der Waals surface area contributed by atoms with Crippen LogP contribution in [0.15, 0.2) is 30.0 Å². The number of ether oxygens (including phenoxy) is 2. The molecule has 1 aliphatic heterocycles. The third kappa shape index (κ3) is 4.85. The van der Waals surface area contributed by atoms with Crippen molar-refractivity contribution in [3.8, 4) is 5.75 Å². The summed E-state index contributed by atoms with van der Waals surface area (Å²) in [6, 6.07) is 6.82. The molecule has 0 aliphatic carbocycles. The Balaban J connectivity index is 2.04. The van der Waals surface area contributed by atoms with Gasteiger partial charge in [0.1, 0.15) is 5.75 Å². The molecule has 2 amide bonds. The van der Waals surface area contributed by atoms with Gasteiger partial charge in [-0.2, -0.15) is 0 Å². The van der Waals surface area contributed by atoms with Crippen LogP contribution in [0.25, 0.3) is 5.57 Å². The smallest absolute Gasteiger partial charge is 0.296 e. The Labute approximate surface area is 154 Å². The molecule has 0 unspecified atom stereocenters. The molecule has 1 heterocycles. The van der Waals surface area contributed by atoms with E-state index in [1.165, 1.54) is 0 Å². The average molecular weight is 361 g/mol. The Morgan fingerprint density at radius 3 is 2.27 bits per heavy atom. The first-order valence-corrected chi connectivity index (χ1v) is 8.95. The van der Waals surface area contributed by atoms with E-state index in [1.54, 1.807) is 24.3 Å². The monoisotopic (exact) mass is 361 g/mol. The molecule has 1 N–H and O–H groups in total. The van der Waals surface area contributed by atoms with Gasteiger partial charge in [-0.3, -0.25) is 14.5 Å².